The molecular weight excluding hydrogens is 269 g/mol. The fraction of sp³-hybridized carbons (Fsp3) is 0.143. The van der Waals surface area contributed by atoms with Crippen molar-refractivity contribution in [1.29, 1.82) is 0 Å². The molecule has 0 aliphatic rings. The molecule has 0 radical (unpaired) electrons. The Kier molecular flexibility index (Phi) is 4.24. The minimum Gasteiger partial charge on any atom is -0.490 e. The lowest BCUT2D eigenvalue weighted by atomic mass is 10.1. The first-order valence-electron chi connectivity index (χ1n) is 5.67. The predicted molar refractivity (Wildman–Crippen MR) is 72.7 cm³/mol. The quantitative estimate of drug-likeness (QED) is 0.846. The van der Waals surface area contributed by atoms with E-state index < -0.39 is 11.9 Å². The molecule has 0 aliphatic carbocycles. The maximum absolute atomic E-state index is 13.2. The van der Waals surface area contributed by atoms with E-state index in [4.69, 9.17) is 22.1 Å². The lowest BCUT2D eigenvalue weighted by Crippen LogP contribution is -2.09. The molecule has 5 heteroatoms. The molecule has 2 aromatic rings. The molecule has 3 N–H and O–H groups in total. The van der Waals surface area contributed by atoms with Gasteiger partial charge >= 0.3 is 0 Å². The second-order valence-electron chi connectivity index (χ2n) is 4.07. The molecule has 0 amide bonds. The van der Waals surface area contributed by atoms with Crippen molar-refractivity contribution in [3.05, 3.63) is 58.9 Å². The fourth-order valence-electron chi connectivity index (χ4n) is 1.56. The van der Waals surface area contributed by atoms with E-state index in [1.807, 2.05) is 0 Å². The molecular formula is C14H13ClFNO2. The molecule has 19 heavy (non-hydrogen) atoms. The Bertz CT molecular complexity index is 560. The molecule has 2 aromatic carbocycles. The van der Waals surface area contributed by atoms with Crippen molar-refractivity contribution in [2.24, 2.45) is 0 Å². The molecule has 0 bridgehead atoms. The van der Waals surface area contributed by atoms with Crippen LogP contribution in [0.5, 0.6) is 5.75 Å². The van der Waals surface area contributed by atoms with Gasteiger partial charge in [-0.2, -0.15) is 0 Å². The smallest absolute Gasteiger partial charge is 0.145 e. The summed E-state index contributed by atoms with van der Waals surface area (Å²) in [5, 5.41) is 9.94. The summed E-state index contributed by atoms with van der Waals surface area (Å²) >= 11 is 5.56. The first-order valence-corrected chi connectivity index (χ1v) is 6.05. The minimum absolute atomic E-state index is 0.0188. The van der Waals surface area contributed by atoms with Crippen molar-refractivity contribution in [2.75, 3.05) is 12.3 Å². The van der Waals surface area contributed by atoms with Crippen molar-refractivity contribution in [3.63, 3.8) is 0 Å². The van der Waals surface area contributed by atoms with Crippen LogP contribution in [0, 0.1) is 5.82 Å². The number of nitrogen functional groups attached to an aromatic ring is 1. The van der Waals surface area contributed by atoms with Gasteiger partial charge in [-0.3, -0.25) is 0 Å². The van der Waals surface area contributed by atoms with Gasteiger partial charge in [0.15, 0.2) is 0 Å². The Balaban J connectivity index is 1.98. The molecule has 3 nitrogen and oxygen atoms in total. The summed E-state index contributed by atoms with van der Waals surface area (Å²) in [6.45, 7) is 0.0188. The van der Waals surface area contributed by atoms with Crippen LogP contribution in [-0.2, 0) is 0 Å². The molecule has 0 saturated heterocycles. The summed E-state index contributed by atoms with van der Waals surface area (Å²) in [5.74, 6) is -0.238. The van der Waals surface area contributed by atoms with Crippen molar-refractivity contribution in [2.45, 2.75) is 6.10 Å². The van der Waals surface area contributed by atoms with Crippen molar-refractivity contribution < 1.29 is 14.2 Å². The largest absolute Gasteiger partial charge is 0.490 e. The average molecular weight is 282 g/mol. The fourth-order valence-corrected chi connectivity index (χ4v) is 1.67. The lowest BCUT2D eigenvalue weighted by molar-refractivity contribution is 0.108. The van der Waals surface area contributed by atoms with Gasteiger partial charge in [-0.1, -0.05) is 23.7 Å². The van der Waals surface area contributed by atoms with Crippen LogP contribution in [0.2, 0.25) is 5.02 Å². The first kappa shape index (κ1) is 13.6. The van der Waals surface area contributed by atoms with Gasteiger partial charge in [0, 0.05) is 11.8 Å². The van der Waals surface area contributed by atoms with Gasteiger partial charge < -0.3 is 15.6 Å². The number of ether oxygens (including phenoxy) is 1. The van der Waals surface area contributed by atoms with Gasteiger partial charge in [0.05, 0.1) is 5.02 Å². The molecule has 1 atom stereocenters. The Morgan fingerprint density at radius 1 is 1.21 bits per heavy atom. The van der Waals surface area contributed by atoms with Crippen molar-refractivity contribution >= 4 is 17.3 Å². The summed E-state index contributed by atoms with van der Waals surface area (Å²) in [5.41, 5.74) is 6.86. The van der Waals surface area contributed by atoms with Crippen LogP contribution in [0.15, 0.2) is 42.5 Å². The number of anilines is 1. The van der Waals surface area contributed by atoms with E-state index in [-0.39, 0.29) is 11.6 Å². The van der Waals surface area contributed by atoms with Gasteiger partial charge in [0.2, 0.25) is 0 Å². The second kappa shape index (κ2) is 5.91. The third-order valence-corrected chi connectivity index (χ3v) is 2.93. The van der Waals surface area contributed by atoms with E-state index in [0.717, 1.165) is 0 Å². The van der Waals surface area contributed by atoms with Crippen LogP contribution in [0.25, 0.3) is 0 Å². The van der Waals surface area contributed by atoms with E-state index in [9.17, 15) is 9.50 Å². The highest BCUT2D eigenvalue weighted by molar-refractivity contribution is 6.30. The molecule has 2 rings (SSSR count). The molecule has 0 heterocycles. The summed E-state index contributed by atoms with van der Waals surface area (Å²) in [6, 6.07) is 10.9. The van der Waals surface area contributed by atoms with Crippen LogP contribution in [0.1, 0.15) is 11.7 Å². The highest BCUT2D eigenvalue weighted by Crippen LogP contribution is 2.22. The number of nitrogens with two attached hydrogens (primary N) is 1. The van der Waals surface area contributed by atoms with E-state index >= 15 is 0 Å². The Morgan fingerprint density at radius 3 is 2.53 bits per heavy atom. The van der Waals surface area contributed by atoms with Crippen LogP contribution < -0.4 is 10.5 Å². The topological polar surface area (TPSA) is 55.5 Å². The number of halogens is 2. The minimum atomic E-state index is -0.806. The maximum atomic E-state index is 13.2. The normalized spacial score (nSPS) is 12.2. The average Bonchev–Trinajstić information content (AvgIpc) is 2.40. The molecule has 0 spiro atoms. The molecule has 0 fully saturated rings. The Labute approximate surface area is 115 Å². The van der Waals surface area contributed by atoms with Crippen molar-refractivity contribution in [1.82, 2.24) is 0 Å². The van der Waals surface area contributed by atoms with E-state index in [2.05, 4.69) is 0 Å². The highest BCUT2D eigenvalue weighted by atomic mass is 35.5. The molecule has 0 saturated carbocycles. The molecule has 0 aliphatic heterocycles. The van der Waals surface area contributed by atoms with E-state index in [0.29, 0.717) is 17.0 Å². The van der Waals surface area contributed by atoms with E-state index in [1.165, 1.54) is 12.1 Å². The van der Waals surface area contributed by atoms with Crippen LogP contribution in [0.3, 0.4) is 0 Å². The number of hydrogen-bond donors (Lipinski definition) is 2. The monoisotopic (exact) mass is 281 g/mol. The second-order valence-corrected chi connectivity index (χ2v) is 4.48. The van der Waals surface area contributed by atoms with Gasteiger partial charge in [0.1, 0.15) is 24.3 Å². The highest BCUT2D eigenvalue weighted by Gasteiger charge is 2.09. The van der Waals surface area contributed by atoms with Crippen LogP contribution in [-0.4, -0.2) is 11.7 Å². The SMILES string of the molecule is Nc1ccc(C(O)COc2ccc(Cl)c(F)c2)cc1. The number of aliphatic hydroxyl groups is 1. The summed E-state index contributed by atoms with van der Waals surface area (Å²) in [7, 11) is 0. The van der Waals surface area contributed by atoms with Gasteiger partial charge in [0.25, 0.3) is 0 Å². The number of aliphatic hydroxyl groups excluding tert-OH is 1. The first-order chi connectivity index (χ1) is 9.06. The maximum Gasteiger partial charge on any atom is 0.145 e. The third kappa shape index (κ3) is 3.59. The van der Waals surface area contributed by atoms with Gasteiger partial charge in [-0.15, -0.1) is 0 Å². The predicted octanol–water partition coefficient (Wildman–Crippen LogP) is 3.17. The summed E-state index contributed by atoms with van der Waals surface area (Å²) < 4.78 is 18.5. The molecule has 1 unspecified atom stereocenters. The zero-order valence-electron chi connectivity index (χ0n) is 10.0. The Morgan fingerprint density at radius 2 is 1.89 bits per heavy atom. The zero-order chi connectivity index (χ0) is 13.8. The third-order valence-electron chi connectivity index (χ3n) is 2.62. The Hall–Kier alpha value is -1.78. The number of hydrogen-bond acceptors (Lipinski definition) is 3. The summed E-state index contributed by atoms with van der Waals surface area (Å²) in [4.78, 5) is 0. The van der Waals surface area contributed by atoms with E-state index in [1.54, 1.807) is 30.3 Å². The van der Waals surface area contributed by atoms with Gasteiger partial charge in [-0.25, -0.2) is 4.39 Å². The van der Waals surface area contributed by atoms with Crippen molar-refractivity contribution in [3.8, 4) is 5.75 Å². The molecule has 100 valence electrons. The standard InChI is InChI=1S/C14H13ClFNO2/c15-12-6-5-11(7-13(12)16)19-8-14(18)9-1-3-10(17)4-2-9/h1-7,14,18H,8,17H2. The zero-order valence-corrected chi connectivity index (χ0v) is 10.8. The van der Waals surface area contributed by atoms with Gasteiger partial charge in [-0.05, 0) is 29.8 Å². The number of benzene rings is 2. The lowest BCUT2D eigenvalue weighted by Gasteiger charge is -2.13. The van der Waals surface area contributed by atoms with Crippen LogP contribution in [0.4, 0.5) is 10.1 Å². The summed E-state index contributed by atoms with van der Waals surface area (Å²) in [6.07, 6.45) is -0.806. The number of rotatable bonds is 4. The molecule has 0 aromatic heterocycles. The van der Waals surface area contributed by atoms with Crippen LogP contribution >= 0.6 is 11.6 Å².